The SMILES string of the molecule is CNC(Cc1ncnn1C(C)C)C1CC1c1ccccc1. The number of benzene rings is 1. The van der Waals surface area contributed by atoms with E-state index in [0.717, 1.165) is 12.2 Å². The summed E-state index contributed by atoms with van der Waals surface area (Å²) in [5, 5.41) is 7.82. The molecule has 3 rings (SSSR count). The second-order valence-electron chi connectivity index (χ2n) is 6.23. The summed E-state index contributed by atoms with van der Waals surface area (Å²) in [7, 11) is 2.06. The maximum absolute atomic E-state index is 4.45. The smallest absolute Gasteiger partial charge is 0.138 e. The number of likely N-dealkylation sites (N-methyl/N-ethyl adjacent to an activating group) is 1. The largest absolute Gasteiger partial charge is 0.316 e. The first-order valence-corrected chi connectivity index (χ1v) is 7.81. The first-order valence-electron chi connectivity index (χ1n) is 7.81. The average Bonchev–Trinajstić information content (AvgIpc) is 3.15. The van der Waals surface area contributed by atoms with Crippen LogP contribution in [-0.2, 0) is 6.42 Å². The van der Waals surface area contributed by atoms with Crippen molar-refractivity contribution >= 4 is 0 Å². The van der Waals surface area contributed by atoms with E-state index < -0.39 is 0 Å². The molecule has 1 saturated carbocycles. The van der Waals surface area contributed by atoms with Gasteiger partial charge in [0.1, 0.15) is 12.2 Å². The van der Waals surface area contributed by atoms with E-state index in [0.29, 0.717) is 23.9 Å². The Hall–Kier alpha value is -1.68. The van der Waals surface area contributed by atoms with E-state index in [1.165, 1.54) is 12.0 Å². The monoisotopic (exact) mass is 284 g/mol. The molecule has 0 bridgehead atoms. The maximum atomic E-state index is 4.45. The lowest BCUT2D eigenvalue weighted by atomic mass is 10.0. The Balaban J connectivity index is 1.68. The van der Waals surface area contributed by atoms with Crippen LogP contribution in [0, 0.1) is 5.92 Å². The number of hydrogen-bond donors (Lipinski definition) is 1. The van der Waals surface area contributed by atoms with Crippen molar-refractivity contribution in [3.8, 4) is 0 Å². The molecule has 0 amide bonds. The van der Waals surface area contributed by atoms with Gasteiger partial charge in [-0.2, -0.15) is 5.10 Å². The molecular weight excluding hydrogens is 260 g/mol. The van der Waals surface area contributed by atoms with Gasteiger partial charge in [-0.15, -0.1) is 0 Å². The molecule has 4 heteroatoms. The third-order valence-electron chi connectivity index (χ3n) is 4.49. The van der Waals surface area contributed by atoms with Crippen LogP contribution in [0.2, 0.25) is 0 Å². The van der Waals surface area contributed by atoms with Crippen molar-refractivity contribution in [2.75, 3.05) is 7.05 Å². The van der Waals surface area contributed by atoms with Gasteiger partial charge in [-0.3, -0.25) is 0 Å². The van der Waals surface area contributed by atoms with Crippen molar-refractivity contribution in [1.82, 2.24) is 20.1 Å². The van der Waals surface area contributed by atoms with Crippen molar-refractivity contribution < 1.29 is 0 Å². The summed E-state index contributed by atoms with van der Waals surface area (Å²) in [6.45, 7) is 4.30. The molecule has 0 aliphatic heterocycles. The highest BCUT2D eigenvalue weighted by molar-refractivity contribution is 5.27. The fourth-order valence-corrected chi connectivity index (χ4v) is 3.26. The van der Waals surface area contributed by atoms with E-state index in [2.05, 4.69) is 66.6 Å². The molecule has 1 fully saturated rings. The van der Waals surface area contributed by atoms with Gasteiger partial charge in [0.25, 0.3) is 0 Å². The van der Waals surface area contributed by atoms with Crippen LogP contribution in [0.25, 0.3) is 0 Å². The Morgan fingerprint density at radius 3 is 2.71 bits per heavy atom. The molecule has 112 valence electrons. The van der Waals surface area contributed by atoms with Crippen LogP contribution in [0.1, 0.15) is 43.6 Å². The molecule has 3 unspecified atom stereocenters. The van der Waals surface area contributed by atoms with Crippen LogP contribution in [0.4, 0.5) is 0 Å². The zero-order valence-electron chi connectivity index (χ0n) is 13.0. The normalized spacial score (nSPS) is 22.5. The van der Waals surface area contributed by atoms with E-state index in [4.69, 9.17) is 0 Å². The minimum absolute atomic E-state index is 0.365. The second kappa shape index (κ2) is 5.98. The highest BCUT2D eigenvalue weighted by atomic mass is 15.3. The van der Waals surface area contributed by atoms with Gasteiger partial charge >= 0.3 is 0 Å². The Kier molecular flexibility index (Phi) is 4.06. The van der Waals surface area contributed by atoms with Gasteiger partial charge in [0, 0.05) is 18.5 Å². The highest BCUT2D eigenvalue weighted by Gasteiger charge is 2.43. The van der Waals surface area contributed by atoms with Crippen molar-refractivity contribution in [3.05, 3.63) is 48.0 Å². The molecule has 0 spiro atoms. The number of rotatable bonds is 6. The van der Waals surface area contributed by atoms with E-state index in [9.17, 15) is 0 Å². The minimum Gasteiger partial charge on any atom is -0.316 e. The molecule has 2 aromatic rings. The zero-order valence-corrected chi connectivity index (χ0v) is 13.0. The number of aromatic nitrogens is 3. The molecule has 4 nitrogen and oxygen atoms in total. The topological polar surface area (TPSA) is 42.7 Å². The van der Waals surface area contributed by atoms with E-state index in [-0.39, 0.29) is 0 Å². The fourth-order valence-electron chi connectivity index (χ4n) is 3.26. The van der Waals surface area contributed by atoms with Gasteiger partial charge in [0.2, 0.25) is 0 Å². The molecule has 1 aliphatic rings. The molecule has 0 saturated heterocycles. The summed E-state index contributed by atoms with van der Waals surface area (Å²) < 4.78 is 2.03. The summed E-state index contributed by atoms with van der Waals surface area (Å²) in [6, 6.07) is 11.7. The Labute approximate surface area is 126 Å². The Bertz CT molecular complexity index is 575. The van der Waals surface area contributed by atoms with Crippen molar-refractivity contribution in [2.24, 2.45) is 5.92 Å². The minimum atomic E-state index is 0.365. The molecule has 1 aromatic heterocycles. The summed E-state index contributed by atoms with van der Waals surface area (Å²) in [5.41, 5.74) is 1.47. The van der Waals surface area contributed by atoms with Crippen LogP contribution < -0.4 is 5.32 Å². The number of nitrogens with one attached hydrogen (secondary N) is 1. The van der Waals surface area contributed by atoms with Crippen LogP contribution in [0.5, 0.6) is 0 Å². The molecule has 0 radical (unpaired) electrons. The summed E-state index contributed by atoms with van der Waals surface area (Å²) in [5.74, 6) is 2.48. The van der Waals surface area contributed by atoms with Gasteiger partial charge in [0.15, 0.2) is 0 Å². The molecule has 1 N–H and O–H groups in total. The molecule has 21 heavy (non-hydrogen) atoms. The van der Waals surface area contributed by atoms with Crippen molar-refractivity contribution in [1.29, 1.82) is 0 Å². The standard InChI is InChI=1S/C17H24N4/c1-12(2)21-17(19-11-20-21)10-16(18-3)15-9-14(15)13-7-5-4-6-8-13/h4-8,11-12,14-16,18H,9-10H2,1-3H3. The quantitative estimate of drug-likeness (QED) is 0.887. The van der Waals surface area contributed by atoms with Gasteiger partial charge in [-0.25, -0.2) is 9.67 Å². The van der Waals surface area contributed by atoms with Gasteiger partial charge in [0.05, 0.1) is 0 Å². The predicted octanol–water partition coefficient (Wildman–Crippen LogP) is 2.79. The fraction of sp³-hybridized carbons (Fsp3) is 0.529. The van der Waals surface area contributed by atoms with Crippen molar-refractivity contribution in [2.45, 2.75) is 44.7 Å². The molecule has 1 aromatic carbocycles. The van der Waals surface area contributed by atoms with E-state index in [1.807, 2.05) is 4.68 Å². The van der Waals surface area contributed by atoms with Crippen LogP contribution >= 0.6 is 0 Å². The summed E-state index contributed by atoms with van der Waals surface area (Å²) in [6.07, 6.45) is 3.89. The van der Waals surface area contributed by atoms with E-state index >= 15 is 0 Å². The van der Waals surface area contributed by atoms with Crippen LogP contribution in [-0.4, -0.2) is 27.9 Å². The average molecular weight is 284 g/mol. The molecule has 1 heterocycles. The first kappa shape index (κ1) is 14.3. The summed E-state index contributed by atoms with van der Waals surface area (Å²) >= 11 is 0. The maximum Gasteiger partial charge on any atom is 0.138 e. The third kappa shape index (κ3) is 3.00. The molecule has 3 atom stereocenters. The predicted molar refractivity (Wildman–Crippen MR) is 84.2 cm³/mol. The van der Waals surface area contributed by atoms with Gasteiger partial charge in [-0.05, 0) is 44.7 Å². The molecule has 1 aliphatic carbocycles. The number of hydrogen-bond acceptors (Lipinski definition) is 3. The van der Waals surface area contributed by atoms with Crippen LogP contribution in [0.3, 0.4) is 0 Å². The number of nitrogens with zero attached hydrogens (tertiary/aromatic N) is 3. The summed E-state index contributed by atoms with van der Waals surface area (Å²) in [4.78, 5) is 4.45. The first-order chi connectivity index (χ1) is 10.2. The lowest BCUT2D eigenvalue weighted by Gasteiger charge is -2.17. The van der Waals surface area contributed by atoms with Crippen LogP contribution in [0.15, 0.2) is 36.7 Å². The third-order valence-corrected chi connectivity index (χ3v) is 4.49. The molecular formula is C17H24N4. The lowest BCUT2D eigenvalue weighted by Crippen LogP contribution is -2.32. The van der Waals surface area contributed by atoms with Gasteiger partial charge < -0.3 is 5.32 Å². The Morgan fingerprint density at radius 2 is 2.05 bits per heavy atom. The Morgan fingerprint density at radius 1 is 1.29 bits per heavy atom. The zero-order chi connectivity index (χ0) is 14.8. The highest BCUT2D eigenvalue weighted by Crippen LogP contribution is 2.49. The van der Waals surface area contributed by atoms with Gasteiger partial charge in [-0.1, -0.05) is 30.3 Å². The van der Waals surface area contributed by atoms with Crippen molar-refractivity contribution in [3.63, 3.8) is 0 Å². The lowest BCUT2D eigenvalue weighted by molar-refractivity contribution is 0.442. The van der Waals surface area contributed by atoms with E-state index in [1.54, 1.807) is 6.33 Å². The second-order valence-corrected chi connectivity index (χ2v) is 6.23.